The highest BCUT2D eigenvalue weighted by molar-refractivity contribution is 5.85. The number of aromatic amines is 1. The van der Waals surface area contributed by atoms with Gasteiger partial charge in [0.05, 0.1) is 0 Å². The Kier molecular flexibility index (Phi) is 7.22. The predicted molar refractivity (Wildman–Crippen MR) is 141 cm³/mol. The second kappa shape index (κ2) is 10.5. The first kappa shape index (κ1) is 24.1. The molecule has 0 spiro atoms. The highest BCUT2D eigenvalue weighted by Crippen LogP contribution is 2.34. The first-order valence-corrected chi connectivity index (χ1v) is 11.2. The minimum Gasteiger partial charge on any atom is -0.488 e. The van der Waals surface area contributed by atoms with E-state index in [9.17, 15) is 0 Å². The van der Waals surface area contributed by atoms with E-state index in [0.717, 1.165) is 50.5 Å². The maximum atomic E-state index is 6.33. The van der Waals surface area contributed by atoms with E-state index in [1.54, 1.807) is 0 Å². The number of pyridine rings is 1. The van der Waals surface area contributed by atoms with E-state index in [2.05, 4.69) is 87.1 Å². The number of aromatic nitrogens is 5. The zero-order valence-corrected chi connectivity index (χ0v) is 20.6. The average Bonchev–Trinajstić information content (AvgIpc) is 3.39. The lowest BCUT2D eigenvalue weighted by atomic mass is 9.98. The highest BCUT2D eigenvalue weighted by atomic mass is 35.5. The Hall–Kier alpha value is -4.03. The number of benzene rings is 3. The Balaban J connectivity index is 0.00000289. The molecule has 0 amide bonds. The number of aryl methyl sites for hydroxylation is 3. The largest absolute Gasteiger partial charge is 0.488 e. The monoisotopic (exact) mass is 483 g/mol. The van der Waals surface area contributed by atoms with Crippen molar-refractivity contribution in [2.45, 2.75) is 27.4 Å². The molecule has 1 N–H and O–H groups in total. The van der Waals surface area contributed by atoms with Gasteiger partial charge >= 0.3 is 0 Å². The molecule has 2 heterocycles. The number of rotatable bonds is 6. The third-order valence-electron chi connectivity index (χ3n) is 5.81. The smallest absolute Gasteiger partial charge is 0.205 e. The van der Waals surface area contributed by atoms with E-state index in [1.165, 1.54) is 5.56 Å². The average molecular weight is 484 g/mol. The lowest BCUT2D eigenvalue weighted by Gasteiger charge is -2.15. The van der Waals surface area contributed by atoms with Crippen molar-refractivity contribution in [1.29, 1.82) is 0 Å². The molecule has 0 unspecified atom stereocenters. The van der Waals surface area contributed by atoms with Crippen LogP contribution in [0.1, 0.15) is 22.5 Å². The van der Waals surface area contributed by atoms with Crippen LogP contribution in [-0.4, -0.2) is 25.6 Å². The summed E-state index contributed by atoms with van der Waals surface area (Å²) in [5.41, 5.74) is 9.44. The van der Waals surface area contributed by atoms with Crippen molar-refractivity contribution in [3.8, 4) is 39.4 Å². The van der Waals surface area contributed by atoms with Crippen molar-refractivity contribution in [1.82, 2.24) is 25.6 Å². The van der Waals surface area contributed by atoms with E-state index in [-0.39, 0.29) is 12.4 Å². The molecule has 0 aliphatic carbocycles. The summed E-state index contributed by atoms with van der Waals surface area (Å²) in [5.74, 6) is 1.43. The van der Waals surface area contributed by atoms with Gasteiger partial charge in [0.2, 0.25) is 5.82 Å². The van der Waals surface area contributed by atoms with Crippen LogP contribution >= 0.6 is 12.4 Å². The van der Waals surface area contributed by atoms with E-state index in [1.807, 2.05) is 38.1 Å². The fourth-order valence-corrected chi connectivity index (χ4v) is 4.13. The molecule has 0 aliphatic rings. The molecule has 5 rings (SSSR count). The van der Waals surface area contributed by atoms with Crippen LogP contribution in [0.15, 0.2) is 78.9 Å². The SMILES string of the molecule is Cc1ccc(-c2c(OCc3ccc(-c4ccccc4-c4nn[nH]n4)cc3)cc(C)nc2C)cc1.Cl. The fraction of sp³-hybridized carbons (Fsp3) is 0.143. The molecule has 0 atom stereocenters. The summed E-state index contributed by atoms with van der Waals surface area (Å²) >= 11 is 0. The third-order valence-corrected chi connectivity index (χ3v) is 5.81. The van der Waals surface area contributed by atoms with Gasteiger partial charge in [0.15, 0.2) is 0 Å². The Bertz CT molecular complexity index is 1420. The number of nitrogens with zero attached hydrogens (tertiary/aromatic N) is 4. The van der Waals surface area contributed by atoms with Crippen LogP contribution in [0.4, 0.5) is 0 Å². The van der Waals surface area contributed by atoms with Crippen molar-refractivity contribution in [2.24, 2.45) is 0 Å². The maximum absolute atomic E-state index is 6.33. The number of nitrogens with one attached hydrogen (secondary N) is 1. The van der Waals surface area contributed by atoms with E-state index in [0.29, 0.717) is 12.4 Å². The van der Waals surface area contributed by atoms with Crippen LogP contribution in [0.5, 0.6) is 5.75 Å². The van der Waals surface area contributed by atoms with Crippen LogP contribution in [-0.2, 0) is 6.61 Å². The Morgan fingerprint density at radius 3 is 2.17 bits per heavy atom. The first-order valence-electron chi connectivity index (χ1n) is 11.2. The lowest BCUT2D eigenvalue weighted by Crippen LogP contribution is -2.01. The van der Waals surface area contributed by atoms with Crippen molar-refractivity contribution in [2.75, 3.05) is 0 Å². The molecule has 0 radical (unpaired) electrons. The van der Waals surface area contributed by atoms with Crippen LogP contribution in [0.3, 0.4) is 0 Å². The summed E-state index contributed by atoms with van der Waals surface area (Å²) in [6.07, 6.45) is 0. The summed E-state index contributed by atoms with van der Waals surface area (Å²) < 4.78 is 6.33. The van der Waals surface area contributed by atoms with Gasteiger partial charge in [0, 0.05) is 28.6 Å². The minimum absolute atomic E-state index is 0. The van der Waals surface area contributed by atoms with Gasteiger partial charge in [-0.3, -0.25) is 4.98 Å². The van der Waals surface area contributed by atoms with Gasteiger partial charge < -0.3 is 4.74 Å². The molecule has 0 saturated carbocycles. The van der Waals surface area contributed by atoms with Crippen LogP contribution < -0.4 is 4.74 Å². The second-order valence-corrected chi connectivity index (χ2v) is 8.35. The molecule has 0 bridgehead atoms. The van der Waals surface area contributed by atoms with E-state index < -0.39 is 0 Å². The van der Waals surface area contributed by atoms with Gasteiger partial charge in [-0.05, 0) is 48.2 Å². The Morgan fingerprint density at radius 1 is 0.800 bits per heavy atom. The highest BCUT2D eigenvalue weighted by Gasteiger charge is 2.13. The first-order chi connectivity index (χ1) is 16.6. The van der Waals surface area contributed by atoms with Gasteiger partial charge in [0.25, 0.3) is 0 Å². The molecule has 35 heavy (non-hydrogen) atoms. The van der Waals surface area contributed by atoms with Crippen LogP contribution in [0.2, 0.25) is 0 Å². The molecular formula is C28H26ClN5O. The number of halogens is 1. The number of H-pyrrole nitrogens is 1. The number of hydrogen-bond donors (Lipinski definition) is 1. The molecule has 0 fully saturated rings. The Labute approximate surface area is 210 Å². The Morgan fingerprint density at radius 2 is 1.49 bits per heavy atom. The summed E-state index contributed by atoms with van der Waals surface area (Å²) in [7, 11) is 0. The second-order valence-electron chi connectivity index (χ2n) is 8.35. The normalized spacial score (nSPS) is 10.6. The summed E-state index contributed by atoms with van der Waals surface area (Å²) in [6, 6.07) is 26.9. The van der Waals surface area contributed by atoms with Crippen LogP contribution in [0, 0.1) is 20.8 Å². The summed E-state index contributed by atoms with van der Waals surface area (Å²) in [6.45, 7) is 6.58. The topological polar surface area (TPSA) is 76.6 Å². The zero-order chi connectivity index (χ0) is 23.5. The van der Waals surface area contributed by atoms with Gasteiger partial charge in [0.1, 0.15) is 12.4 Å². The molecular weight excluding hydrogens is 458 g/mol. The third kappa shape index (κ3) is 5.23. The van der Waals surface area contributed by atoms with Crippen molar-refractivity contribution < 1.29 is 4.74 Å². The molecule has 5 aromatic rings. The van der Waals surface area contributed by atoms with E-state index in [4.69, 9.17) is 4.74 Å². The van der Waals surface area contributed by atoms with Gasteiger partial charge in [-0.2, -0.15) is 5.21 Å². The maximum Gasteiger partial charge on any atom is 0.205 e. The quantitative estimate of drug-likeness (QED) is 0.297. The minimum atomic E-state index is 0. The zero-order valence-electron chi connectivity index (χ0n) is 19.8. The number of tetrazole rings is 1. The standard InChI is InChI=1S/C28H25N5O.ClH/c1-18-8-12-23(13-9-18)27-20(3)29-19(2)16-26(27)34-17-21-10-14-22(15-11-21)24-6-4-5-7-25(24)28-30-32-33-31-28;/h4-16H,17H2,1-3H3,(H,30,31,32,33);1H. The molecule has 6 nitrogen and oxygen atoms in total. The number of hydrogen-bond acceptors (Lipinski definition) is 5. The lowest BCUT2D eigenvalue weighted by molar-refractivity contribution is 0.307. The fourth-order valence-electron chi connectivity index (χ4n) is 4.13. The molecule has 3 aromatic carbocycles. The van der Waals surface area contributed by atoms with Crippen LogP contribution in [0.25, 0.3) is 33.6 Å². The number of ether oxygens (including phenoxy) is 1. The molecule has 176 valence electrons. The molecule has 0 saturated heterocycles. The van der Waals surface area contributed by atoms with Gasteiger partial charge in [-0.15, -0.1) is 22.6 Å². The van der Waals surface area contributed by atoms with Gasteiger partial charge in [-0.25, -0.2) is 0 Å². The van der Waals surface area contributed by atoms with Gasteiger partial charge in [-0.1, -0.05) is 78.4 Å². The predicted octanol–water partition coefficient (Wildman–Crippen LogP) is 6.52. The van der Waals surface area contributed by atoms with E-state index >= 15 is 0 Å². The molecule has 7 heteroatoms. The van der Waals surface area contributed by atoms with Crippen molar-refractivity contribution in [3.05, 3.63) is 101 Å². The molecule has 2 aromatic heterocycles. The molecule has 0 aliphatic heterocycles. The van der Waals surface area contributed by atoms with Crippen molar-refractivity contribution in [3.63, 3.8) is 0 Å². The summed E-state index contributed by atoms with van der Waals surface area (Å²) in [5, 5.41) is 14.5. The summed E-state index contributed by atoms with van der Waals surface area (Å²) in [4.78, 5) is 4.67. The van der Waals surface area contributed by atoms with Crippen molar-refractivity contribution >= 4 is 12.4 Å².